The minimum absolute atomic E-state index is 0.194. The number of ether oxygens (including phenoxy) is 3. The van der Waals surface area contributed by atoms with Crippen LogP contribution in [0.2, 0.25) is 0 Å². The largest absolute Gasteiger partial charge is 0.485 e. The van der Waals surface area contributed by atoms with Crippen molar-refractivity contribution in [3.05, 3.63) is 84.4 Å². The molecular weight excluding hydrogens is 342 g/mol. The second kappa shape index (κ2) is 7.83. The second-order valence-electron chi connectivity index (χ2n) is 6.14. The van der Waals surface area contributed by atoms with Crippen LogP contribution in [0.1, 0.15) is 5.56 Å². The molecule has 1 heterocycles. The SMILES string of the molecule is O=C(NCc1cccc(Oc2ccccc2)c1)C1COc2ccccc2O1. The van der Waals surface area contributed by atoms with E-state index in [0.29, 0.717) is 18.0 Å². The zero-order valence-corrected chi connectivity index (χ0v) is 14.6. The van der Waals surface area contributed by atoms with Crippen molar-refractivity contribution >= 4 is 5.91 Å². The van der Waals surface area contributed by atoms with E-state index in [-0.39, 0.29) is 12.5 Å². The molecule has 1 aliphatic heterocycles. The monoisotopic (exact) mass is 361 g/mol. The molecule has 0 aliphatic carbocycles. The third-order valence-corrected chi connectivity index (χ3v) is 4.15. The number of para-hydroxylation sites is 3. The number of amides is 1. The van der Waals surface area contributed by atoms with Crippen LogP contribution in [0.15, 0.2) is 78.9 Å². The molecule has 27 heavy (non-hydrogen) atoms. The van der Waals surface area contributed by atoms with Crippen LogP contribution in [-0.4, -0.2) is 18.6 Å². The van der Waals surface area contributed by atoms with Crippen LogP contribution in [0.4, 0.5) is 0 Å². The summed E-state index contributed by atoms with van der Waals surface area (Å²) < 4.78 is 17.1. The van der Waals surface area contributed by atoms with E-state index in [2.05, 4.69) is 5.32 Å². The molecule has 1 unspecified atom stereocenters. The highest BCUT2D eigenvalue weighted by molar-refractivity contribution is 5.81. The summed E-state index contributed by atoms with van der Waals surface area (Å²) in [6.07, 6.45) is -0.663. The Balaban J connectivity index is 1.35. The molecule has 3 aromatic carbocycles. The van der Waals surface area contributed by atoms with Crippen LogP contribution < -0.4 is 19.5 Å². The maximum absolute atomic E-state index is 12.4. The van der Waals surface area contributed by atoms with Crippen LogP contribution in [0, 0.1) is 0 Å². The minimum atomic E-state index is -0.663. The fraction of sp³-hybridized carbons (Fsp3) is 0.136. The molecule has 4 rings (SSSR count). The number of hydrogen-bond acceptors (Lipinski definition) is 4. The molecule has 5 nitrogen and oxygen atoms in total. The van der Waals surface area contributed by atoms with E-state index in [1.165, 1.54) is 0 Å². The van der Waals surface area contributed by atoms with E-state index in [9.17, 15) is 4.79 Å². The topological polar surface area (TPSA) is 56.8 Å². The molecule has 3 aromatic rings. The number of benzene rings is 3. The van der Waals surface area contributed by atoms with Crippen molar-refractivity contribution in [1.82, 2.24) is 5.32 Å². The van der Waals surface area contributed by atoms with E-state index in [1.807, 2.05) is 72.8 Å². The Kier molecular flexibility index (Phi) is 4.92. The number of carbonyl (C=O) groups is 1. The Morgan fingerprint density at radius 2 is 1.67 bits per heavy atom. The van der Waals surface area contributed by atoms with Crippen molar-refractivity contribution in [2.45, 2.75) is 12.6 Å². The van der Waals surface area contributed by atoms with Crippen LogP contribution >= 0.6 is 0 Å². The molecule has 0 spiro atoms. The predicted molar refractivity (Wildman–Crippen MR) is 101 cm³/mol. The maximum Gasteiger partial charge on any atom is 0.264 e. The van der Waals surface area contributed by atoms with Gasteiger partial charge in [0, 0.05) is 6.54 Å². The van der Waals surface area contributed by atoms with E-state index < -0.39 is 6.10 Å². The van der Waals surface area contributed by atoms with Gasteiger partial charge in [-0.05, 0) is 42.0 Å². The van der Waals surface area contributed by atoms with Gasteiger partial charge >= 0.3 is 0 Å². The molecule has 1 N–H and O–H groups in total. The average molecular weight is 361 g/mol. The number of rotatable bonds is 5. The lowest BCUT2D eigenvalue weighted by Crippen LogP contribution is -2.43. The van der Waals surface area contributed by atoms with Gasteiger partial charge in [0.05, 0.1) is 0 Å². The summed E-state index contributed by atoms with van der Waals surface area (Å²) in [6.45, 7) is 0.576. The lowest BCUT2D eigenvalue weighted by atomic mass is 10.2. The lowest BCUT2D eigenvalue weighted by molar-refractivity contribution is -0.130. The molecule has 0 aromatic heterocycles. The third kappa shape index (κ3) is 4.20. The maximum atomic E-state index is 12.4. The molecule has 1 amide bonds. The Bertz CT molecular complexity index is 926. The quantitative estimate of drug-likeness (QED) is 0.748. The first-order valence-corrected chi connectivity index (χ1v) is 8.76. The molecule has 0 fully saturated rings. The van der Waals surface area contributed by atoms with Gasteiger partial charge in [-0.15, -0.1) is 0 Å². The first-order chi connectivity index (χ1) is 13.3. The Labute approximate surface area is 157 Å². The van der Waals surface area contributed by atoms with Crippen LogP contribution in [0.3, 0.4) is 0 Å². The molecule has 0 saturated heterocycles. The molecule has 1 atom stereocenters. The van der Waals surface area contributed by atoms with Gasteiger partial charge in [0.1, 0.15) is 18.1 Å². The van der Waals surface area contributed by atoms with Crippen molar-refractivity contribution in [3.63, 3.8) is 0 Å². The summed E-state index contributed by atoms with van der Waals surface area (Å²) in [5.41, 5.74) is 0.939. The third-order valence-electron chi connectivity index (χ3n) is 4.15. The van der Waals surface area contributed by atoms with Crippen molar-refractivity contribution < 1.29 is 19.0 Å². The lowest BCUT2D eigenvalue weighted by Gasteiger charge is -2.25. The van der Waals surface area contributed by atoms with Gasteiger partial charge in [-0.25, -0.2) is 0 Å². The van der Waals surface area contributed by atoms with Crippen LogP contribution in [-0.2, 0) is 11.3 Å². The van der Waals surface area contributed by atoms with Crippen LogP contribution in [0.5, 0.6) is 23.0 Å². The minimum Gasteiger partial charge on any atom is -0.485 e. The predicted octanol–water partition coefficient (Wildman–Crippen LogP) is 3.94. The molecular formula is C22H19NO4. The van der Waals surface area contributed by atoms with E-state index >= 15 is 0 Å². The number of fused-ring (bicyclic) bond motifs is 1. The summed E-state index contributed by atoms with van der Waals surface area (Å²) in [4.78, 5) is 12.4. The van der Waals surface area contributed by atoms with Gasteiger partial charge in [-0.2, -0.15) is 0 Å². The molecule has 0 bridgehead atoms. The first-order valence-electron chi connectivity index (χ1n) is 8.76. The van der Waals surface area contributed by atoms with Gasteiger partial charge < -0.3 is 19.5 Å². The standard InChI is InChI=1S/C22H19NO4/c24-22(21-15-25-19-11-4-5-12-20(19)27-21)23-14-16-7-6-10-18(13-16)26-17-8-2-1-3-9-17/h1-13,21H,14-15H2,(H,23,24). The van der Waals surface area contributed by atoms with Crippen molar-refractivity contribution in [1.29, 1.82) is 0 Å². The molecule has 5 heteroatoms. The molecule has 0 radical (unpaired) electrons. The van der Waals surface area contributed by atoms with Gasteiger partial charge in [0.15, 0.2) is 11.5 Å². The van der Waals surface area contributed by atoms with Crippen molar-refractivity contribution in [2.75, 3.05) is 6.61 Å². The molecule has 0 saturated carbocycles. The summed E-state index contributed by atoms with van der Waals surface area (Å²) in [6, 6.07) is 24.5. The molecule has 1 aliphatic rings. The summed E-state index contributed by atoms with van der Waals surface area (Å²) in [7, 11) is 0. The van der Waals surface area contributed by atoms with Gasteiger partial charge in [-0.3, -0.25) is 4.79 Å². The smallest absolute Gasteiger partial charge is 0.264 e. The fourth-order valence-corrected chi connectivity index (χ4v) is 2.80. The van der Waals surface area contributed by atoms with E-state index in [0.717, 1.165) is 17.1 Å². The summed E-state index contributed by atoms with van der Waals surface area (Å²) in [5.74, 6) is 2.53. The number of carbonyl (C=O) groups excluding carboxylic acids is 1. The van der Waals surface area contributed by atoms with E-state index in [1.54, 1.807) is 6.07 Å². The zero-order valence-electron chi connectivity index (χ0n) is 14.6. The summed E-state index contributed by atoms with van der Waals surface area (Å²) in [5, 5.41) is 2.89. The second-order valence-corrected chi connectivity index (χ2v) is 6.14. The first kappa shape index (κ1) is 17.0. The fourth-order valence-electron chi connectivity index (χ4n) is 2.80. The highest BCUT2D eigenvalue weighted by Crippen LogP contribution is 2.30. The van der Waals surface area contributed by atoms with Gasteiger partial charge in [0.2, 0.25) is 6.10 Å². The Morgan fingerprint density at radius 1 is 0.926 bits per heavy atom. The van der Waals surface area contributed by atoms with Gasteiger partial charge in [0.25, 0.3) is 5.91 Å². The zero-order chi connectivity index (χ0) is 18.5. The number of nitrogens with one attached hydrogen (secondary N) is 1. The van der Waals surface area contributed by atoms with Crippen LogP contribution in [0.25, 0.3) is 0 Å². The van der Waals surface area contributed by atoms with E-state index in [4.69, 9.17) is 14.2 Å². The van der Waals surface area contributed by atoms with Crippen molar-refractivity contribution in [2.24, 2.45) is 0 Å². The normalized spacial score (nSPS) is 15.0. The highest BCUT2D eigenvalue weighted by Gasteiger charge is 2.26. The summed E-state index contributed by atoms with van der Waals surface area (Å²) >= 11 is 0. The number of hydrogen-bond donors (Lipinski definition) is 1. The molecule has 136 valence electrons. The van der Waals surface area contributed by atoms with Gasteiger partial charge in [-0.1, -0.05) is 42.5 Å². The van der Waals surface area contributed by atoms with Crippen molar-refractivity contribution in [3.8, 4) is 23.0 Å². The highest BCUT2D eigenvalue weighted by atomic mass is 16.6. The average Bonchev–Trinajstić information content (AvgIpc) is 2.73. The Hall–Kier alpha value is -3.47. The Morgan fingerprint density at radius 3 is 2.52 bits per heavy atom.